The number of phenolic OH excluding ortho intramolecular Hbond substituents is 1. The van der Waals surface area contributed by atoms with Crippen LogP contribution in [0.15, 0.2) is 46.9 Å². The summed E-state index contributed by atoms with van der Waals surface area (Å²) in [6.07, 6.45) is 5.65. The number of carbonyl (C=O) groups is 1. The number of benzene rings is 2. The van der Waals surface area contributed by atoms with E-state index >= 15 is 0 Å². The van der Waals surface area contributed by atoms with E-state index < -0.39 is 6.04 Å². The van der Waals surface area contributed by atoms with Crippen LogP contribution in [0.4, 0.5) is 5.69 Å². The highest BCUT2D eigenvalue weighted by Crippen LogP contribution is 2.29. The average molecular weight is 417 g/mol. The molecule has 2 aromatic carbocycles. The van der Waals surface area contributed by atoms with Crippen molar-refractivity contribution < 1.29 is 9.90 Å². The largest absolute Gasteiger partial charge is 0.506 e. The number of anilines is 1. The number of nitrogens with one attached hydrogen (secondary N) is 2. The summed E-state index contributed by atoms with van der Waals surface area (Å²) >= 11 is 3.44. The Morgan fingerprint density at radius 1 is 1.12 bits per heavy atom. The number of halogens is 1. The van der Waals surface area contributed by atoms with E-state index in [2.05, 4.69) is 26.6 Å². The van der Waals surface area contributed by atoms with Crippen LogP contribution in [0.25, 0.3) is 0 Å². The molecule has 0 bridgehead atoms. The fraction of sp³-hybridized carbons (Fsp3) is 0.381. The van der Waals surface area contributed by atoms with Gasteiger partial charge >= 0.3 is 0 Å². The Morgan fingerprint density at radius 3 is 2.46 bits per heavy atom. The van der Waals surface area contributed by atoms with Gasteiger partial charge in [-0.15, -0.1) is 0 Å². The maximum Gasteiger partial charge on any atom is 0.247 e. The van der Waals surface area contributed by atoms with E-state index in [1.807, 2.05) is 43.3 Å². The van der Waals surface area contributed by atoms with Gasteiger partial charge in [0.25, 0.3) is 0 Å². The van der Waals surface area contributed by atoms with Crippen LogP contribution in [0.3, 0.4) is 0 Å². The van der Waals surface area contributed by atoms with Crippen LogP contribution in [0.5, 0.6) is 5.75 Å². The molecule has 2 aromatic rings. The molecule has 0 saturated heterocycles. The molecule has 5 heteroatoms. The molecule has 0 heterocycles. The van der Waals surface area contributed by atoms with Crippen molar-refractivity contribution in [1.82, 2.24) is 5.32 Å². The first-order valence-corrected chi connectivity index (χ1v) is 9.94. The highest BCUT2D eigenvalue weighted by molar-refractivity contribution is 9.10. The van der Waals surface area contributed by atoms with Crippen molar-refractivity contribution in [2.45, 2.75) is 51.1 Å². The minimum Gasteiger partial charge on any atom is -0.506 e. The molecule has 0 spiro atoms. The summed E-state index contributed by atoms with van der Waals surface area (Å²) in [6.45, 7) is 1.92. The van der Waals surface area contributed by atoms with Crippen LogP contribution in [-0.2, 0) is 4.79 Å². The van der Waals surface area contributed by atoms with Crippen molar-refractivity contribution in [3.8, 4) is 5.75 Å². The van der Waals surface area contributed by atoms with Gasteiger partial charge in [0, 0.05) is 10.5 Å². The number of aromatic hydroxyl groups is 1. The standard InChI is InChI=1S/C21H25BrN2O2/c1-14-7-12-18(19(25)13-14)24-20(15-8-10-16(22)11-9-15)21(26)23-17-5-3-2-4-6-17/h7-13,17,20,24-25H,2-6H2,1H3,(H,23,26). The normalized spacial score (nSPS) is 16.1. The first-order chi connectivity index (χ1) is 12.5. The van der Waals surface area contributed by atoms with E-state index in [1.165, 1.54) is 19.3 Å². The summed E-state index contributed by atoms with van der Waals surface area (Å²) in [5.41, 5.74) is 2.39. The van der Waals surface area contributed by atoms with E-state index in [4.69, 9.17) is 0 Å². The Kier molecular flexibility index (Phi) is 6.20. The Morgan fingerprint density at radius 2 is 1.81 bits per heavy atom. The number of phenols is 1. The summed E-state index contributed by atoms with van der Waals surface area (Å²) in [5.74, 6) is 0.0942. The van der Waals surface area contributed by atoms with E-state index in [0.717, 1.165) is 28.4 Å². The van der Waals surface area contributed by atoms with Gasteiger partial charge in [0.15, 0.2) is 0 Å². The van der Waals surface area contributed by atoms with Crippen molar-refractivity contribution in [3.63, 3.8) is 0 Å². The molecule has 26 heavy (non-hydrogen) atoms. The van der Waals surface area contributed by atoms with Gasteiger partial charge in [0.1, 0.15) is 11.8 Å². The van der Waals surface area contributed by atoms with Crippen LogP contribution < -0.4 is 10.6 Å². The van der Waals surface area contributed by atoms with E-state index in [1.54, 1.807) is 6.07 Å². The number of aryl methyl sites for hydroxylation is 1. The molecule has 1 aliphatic rings. The number of rotatable bonds is 5. The van der Waals surface area contributed by atoms with Gasteiger partial charge in [-0.3, -0.25) is 4.79 Å². The van der Waals surface area contributed by atoms with Gasteiger partial charge in [-0.05, 0) is 55.2 Å². The summed E-state index contributed by atoms with van der Waals surface area (Å²) in [4.78, 5) is 13.0. The summed E-state index contributed by atoms with van der Waals surface area (Å²) < 4.78 is 0.964. The van der Waals surface area contributed by atoms with Crippen molar-refractivity contribution in [2.75, 3.05) is 5.32 Å². The predicted octanol–water partition coefficient (Wildman–Crippen LogP) is 5.07. The smallest absolute Gasteiger partial charge is 0.247 e. The molecular formula is C21H25BrN2O2. The lowest BCUT2D eigenvalue weighted by Crippen LogP contribution is -2.41. The molecule has 1 atom stereocenters. The van der Waals surface area contributed by atoms with Gasteiger partial charge in [-0.25, -0.2) is 0 Å². The highest BCUT2D eigenvalue weighted by Gasteiger charge is 2.25. The third kappa shape index (κ3) is 4.79. The highest BCUT2D eigenvalue weighted by atomic mass is 79.9. The fourth-order valence-corrected chi connectivity index (χ4v) is 3.67. The van der Waals surface area contributed by atoms with Crippen molar-refractivity contribution in [2.24, 2.45) is 0 Å². The van der Waals surface area contributed by atoms with Gasteiger partial charge in [0.2, 0.25) is 5.91 Å². The molecule has 1 unspecified atom stereocenters. The summed E-state index contributed by atoms with van der Waals surface area (Å²) in [6, 6.07) is 12.8. The Bertz CT molecular complexity index is 755. The van der Waals surface area contributed by atoms with E-state index in [0.29, 0.717) is 5.69 Å². The molecule has 3 N–H and O–H groups in total. The van der Waals surface area contributed by atoms with Crippen molar-refractivity contribution in [1.29, 1.82) is 0 Å². The lowest BCUT2D eigenvalue weighted by molar-refractivity contribution is -0.122. The molecular weight excluding hydrogens is 392 g/mol. The first-order valence-electron chi connectivity index (χ1n) is 9.15. The zero-order valence-electron chi connectivity index (χ0n) is 15.0. The molecule has 1 amide bonds. The zero-order valence-corrected chi connectivity index (χ0v) is 16.6. The number of carbonyl (C=O) groups excluding carboxylic acids is 1. The lowest BCUT2D eigenvalue weighted by atomic mass is 9.95. The maximum atomic E-state index is 13.0. The molecule has 138 valence electrons. The fourth-order valence-electron chi connectivity index (χ4n) is 3.41. The molecule has 0 aliphatic heterocycles. The molecule has 1 fully saturated rings. The number of hydrogen-bond acceptors (Lipinski definition) is 3. The topological polar surface area (TPSA) is 61.4 Å². The Hall–Kier alpha value is -2.01. The molecule has 4 nitrogen and oxygen atoms in total. The quantitative estimate of drug-likeness (QED) is 0.596. The second kappa shape index (κ2) is 8.58. The third-order valence-electron chi connectivity index (χ3n) is 4.87. The molecule has 1 saturated carbocycles. The van der Waals surface area contributed by atoms with E-state index in [9.17, 15) is 9.90 Å². The Labute approximate surface area is 163 Å². The van der Waals surface area contributed by atoms with Crippen molar-refractivity contribution in [3.05, 3.63) is 58.1 Å². The predicted molar refractivity (Wildman–Crippen MR) is 108 cm³/mol. The van der Waals surface area contributed by atoms with Gasteiger partial charge in [0.05, 0.1) is 5.69 Å². The van der Waals surface area contributed by atoms with Crippen LogP contribution in [0, 0.1) is 6.92 Å². The first kappa shape index (κ1) is 18.8. The van der Waals surface area contributed by atoms with Gasteiger partial charge < -0.3 is 15.7 Å². The molecule has 0 aromatic heterocycles. The van der Waals surface area contributed by atoms with Crippen LogP contribution in [0.1, 0.15) is 49.3 Å². The van der Waals surface area contributed by atoms with Crippen molar-refractivity contribution >= 4 is 27.5 Å². The summed E-state index contributed by atoms with van der Waals surface area (Å²) in [7, 11) is 0. The van der Waals surface area contributed by atoms with Gasteiger partial charge in [-0.2, -0.15) is 0 Å². The SMILES string of the molecule is Cc1ccc(NC(C(=O)NC2CCCCC2)c2ccc(Br)cc2)c(O)c1. The second-order valence-corrected chi connectivity index (χ2v) is 7.91. The zero-order chi connectivity index (χ0) is 18.5. The average Bonchev–Trinajstić information content (AvgIpc) is 2.63. The van der Waals surface area contributed by atoms with Crippen LogP contribution >= 0.6 is 15.9 Å². The minimum atomic E-state index is -0.557. The summed E-state index contributed by atoms with van der Waals surface area (Å²) in [5, 5.41) is 16.6. The Balaban J connectivity index is 1.83. The second-order valence-electron chi connectivity index (χ2n) is 6.99. The minimum absolute atomic E-state index is 0.0563. The monoisotopic (exact) mass is 416 g/mol. The third-order valence-corrected chi connectivity index (χ3v) is 5.40. The van der Waals surface area contributed by atoms with Crippen LogP contribution in [0.2, 0.25) is 0 Å². The molecule has 1 aliphatic carbocycles. The van der Waals surface area contributed by atoms with Gasteiger partial charge in [-0.1, -0.05) is 53.4 Å². The number of amides is 1. The van der Waals surface area contributed by atoms with Crippen LogP contribution in [-0.4, -0.2) is 17.1 Å². The van der Waals surface area contributed by atoms with E-state index in [-0.39, 0.29) is 17.7 Å². The lowest BCUT2D eigenvalue weighted by Gasteiger charge is -2.27. The molecule has 3 rings (SSSR count). The molecule has 0 radical (unpaired) electrons. The number of hydrogen-bond donors (Lipinski definition) is 3. The maximum absolute atomic E-state index is 13.0.